The van der Waals surface area contributed by atoms with E-state index in [1.165, 1.54) is 4.90 Å². The number of carbonyl (C=O) groups excluding carboxylic acids is 3. The molecular formula is C18H20N2O5S. The van der Waals surface area contributed by atoms with Crippen molar-refractivity contribution in [1.82, 2.24) is 9.80 Å². The smallest absolute Gasteiger partial charge is 0.308 e. The standard InChI is InChI=1S/C18H20N2O5S/c1-11-5-6-14(17(23)24)9-19(11)16(22)13-4-2-3-12(7-13)8-20-15(21)10-26-18(20)25/h2-4,7,11,14H,5-6,8-10H2,1H3,(H,23,24). The zero-order chi connectivity index (χ0) is 18.8. The Morgan fingerprint density at radius 2 is 2.04 bits per heavy atom. The van der Waals surface area contributed by atoms with E-state index in [0.717, 1.165) is 11.8 Å². The fraction of sp³-hybridized carbons (Fsp3) is 0.444. The molecule has 2 saturated heterocycles. The molecular weight excluding hydrogens is 356 g/mol. The van der Waals surface area contributed by atoms with Gasteiger partial charge in [0.1, 0.15) is 0 Å². The quantitative estimate of drug-likeness (QED) is 0.866. The number of thioether (sulfide) groups is 1. The minimum Gasteiger partial charge on any atom is -0.481 e. The van der Waals surface area contributed by atoms with Gasteiger partial charge in [-0.2, -0.15) is 0 Å². The molecule has 1 N–H and O–H groups in total. The van der Waals surface area contributed by atoms with E-state index >= 15 is 0 Å². The third kappa shape index (κ3) is 3.75. The van der Waals surface area contributed by atoms with Gasteiger partial charge in [0.15, 0.2) is 0 Å². The summed E-state index contributed by atoms with van der Waals surface area (Å²) < 4.78 is 0. The second kappa shape index (κ2) is 7.49. The first-order chi connectivity index (χ1) is 12.4. The molecule has 26 heavy (non-hydrogen) atoms. The lowest BCUT2D eigenvalue weighted by atomic mass is 9.93. The topological polar surface area (TPSA) is 95.0 Å². The number of amides is 3. The van der Waals surface area contributed by atoms with Crippen molar-refractivity contribution in [3.05, 3.63) is 35.4 Å². The number of hydrogen-bond donors (Lipinski definition) is 1. The zero-order valence-electron chi connectivity index (χ0n) is 14.4. The van der Waals surface area contributed by atoms with Crippen LogP contribution in [-0.4, -0.2) is 56.3 Å². The van der Waals surface area contributed by atoms with Gasteiger partial charge in [-0.1, -0.05) is 23.9 Å². The van der Waals surface area contributed by atoms with E-state index in [0.29, 0.717) is 24.0 Å². The number of aliphatic carboxylic acids is 1. The number of nitrogens with zero attached hydrogens (tertiary/aromatic N) is 2. The second-order valence-corrected chi connectivity index (χ2v) is 7.58. The van der Waals surface area contributed by atoms with Crippen LogP contribution in [0.3, 0.4) is 0 Å². The van der Waals surface area contributed by atoms with Crippen LogP contribution in [0.25, 0.3) is 0 Å². The largest absolute Gasteiger partial charge is 0.481 e. The molecule has 1 aromatic carbocycles. The average Bonchev–Trinajstić information content (AvgIpc) is 2.93. The Kier molecular flexibility index (Phi) is 5.31. The SMILES string of the molecule is CC1CCC(C(=O)O)CN1C(=O)c1cccc(CN2C(=O)CSC2=O)c1. The van der Waals surface area contributed by atoms with Crippen molar-refractivity contribution in [2.75, 3.05) is 12.3 Å². The number of carbonyl (C=O) groups is 4. The Bertz CT molecular complexity index is 750. The molecule has 0 aliphatic carbocycles. The van der Waals surface area contributed by atoms with Gasteiger partial charge >= 0.3 is 5.97 Å². The summed E-state index contributed by atoms with van der Waals surface area (Å²) in [6.07, 6.45) is 1.22. The molecule has 8 heteroatoms. The monoisotopic (exact) mass is 376 g/mol. The normalized spacial score (nSPS) is 23.4. The number of rotatable bonds is 4. The molecule has 138 valence electrons. The summed E-state index contributed by atoms with van der Waals surface area (Å²) in [6, 6.07) is 6.79. The van der Waals surface area contributed by atoms with Crippen LogP contribution in [0.5, 0.6) is 0 Å². The van der Waals surface area contributed by atoms with Gasteiger partial charge < -0.3 is 10.0 Å². The molecule has 3 rings (SSSR count). The highest BCUT2D eigenvalue weighted by Crippen LogP contribution is 2.25. The molecule has 2 aliphatic rings. The van der Waals surface area contributed by atoms with Crippen LogP contribution in [0.1, 0.15) is 35.7 Å². The minimum absolute atomic E-state index is 0.0279. The van der Waals surface area contributed by atoms with Crippen LogP contribution < -0.4 is 0 Å². The van der Waals surface area contributed by atoms with E-state index in [1.54, 1.807) is 29.2 Å². The highest BCUT2D eigenvalue weighted by atomic mass is 32.2. The van der Waals surface area contributed by atoms with Crippen molar-refractivity contribution in [2.24, 2.45) is 5.92 Å². The van der Waals surface area contributed by atoms with Crippen molar-refractivity contribution < 1.29 is 24.3 Å². The summed E-state index contributed by atoms with van der Waals surface area (Å²) in [5.41, 5.74) is 1.13. The summed E-state index contributed by atoms with van der Waals surface area (Å²) in [5, 5.41) is 8.96. The molecule has 1 aromatic rings. The van der Waals surface area contributed by atoms with Gasteiger partial charge in [-0.3, -0.25) is 24.1 Å². The second-order valence-electron chi connectivity index (χ2n) is 6.65. The molecule has 2 aliphatic heterocycles. The maximum atomic E-state index is 12.9. The summed E-state index contributed by atoms with van der Waals surface area (Å²) in [7, 11) is 0. The Balaban J connectivity index is 1.76. The Morgan fingerprint density at radius 1 is 1.27 bits per heavy atom. The third-order valence-electron chi connectivity index (χ3n) is 4.85. The van der Waals surface area contributed by atoms with Crippen molar-refractivity contribution in [1.29, 1.82) is 0 Å². The van der Waals surface area contributed by atoms with E-state index in [2.05, 4.69) is 0 Å². The number of carboxylic acid groups (broad SMARTS) is 1. The Hall–Kier alpha value is -2.35. The molecule has 0 saturated carbocycles. The zero-order valence-corrected chi connectivity index (χ0v) is 15.2. The predicted molar refractivity (Wildman–Crippen MR) is 95.7 cm³/mol. The van der Waals surface area contributed by atoms with Crippen LogP contribution in [-0.2, 0) is 16.1 Å². The maximum absolute atomic E-state index is 12.9. The van der Waals surface area contributed by atoms with Crippen molar-refractivity contribution in [3.8, 4) is 0 Å². The van der Waals surface area contributed by atoms with E-state index in [4.69, 9.17) is 0 Å². The van der Waals surface area contributed by atoms with Crippen molar-refractivity contribution in [3.63, 3.8) is 0 Å². The summed E-state index contributed by atoms with van der Waals surface area (Å²) in [4.78, 5) is 50.4. The first-order valence-corrected chi connectivity index (χ1v) is 9.45. The Morgan fingerprint density at radius 3 is 2.69 bits per heavy atom. The highest BCUT2D eigenvalue weighted by molar-refractivity contribution is 8.14. The first kappa shape index (κ1) is 18.4. The van der Waals surface area contributed by atoms with Gasteiger partial charge in [-0.25, -0.2) is 0 Å². The third-order valence-corrected chi connectivity index (χ3v) is 5.71. The van der Waals surface area contributed by atoms with Gasteiger partial charge in [0.05, 0.1) is 18.2 Å². The fourth-order valence-corrected chi connectivity index (χ4v) is 4.00. The van der Waals surface area contributed by atoms with Crippen LogP contribution in [0.2, 0.25) is 0 Å². The van der Waals surface area contributed by atoms with Gasteiger partial charge in [-0.05, 0) is 37.5 Å². The van der Waals surface area contributed by atoms with Crippen molar-refractivity contribution in [2.45, 2.75) is 32.4 Å². The molecule has 0 bridgehead atoms. The average molecular weight is 376 g/mol. The van der Waals surface area contributed by atoms with E-state index < -0.39 is 11.9 Å². The molecule has 2 fully saturated rings. The summed E-state index contributed by atoms with van der Waals surface area (Å²) >= 11 is 0.976. The molecule has 0 spiro atoms. The molecule has 7 nitrogen and oxygen atoms in total. The summed E-state index contributed by atoms with van der Waals surface area (Å²) in [6.45, 7) is 2.25. The maximum Gasteiger partial charge on any atom is 0.308 e. The minimum atomic E-state index is -0.882. The lowest BCUT2D eigenvalue weighted by Crippen LogP contribution is -2.47. The van der Waals surface area contributed by atoms with Crippen LogP contribution in [0, 0.1) is 5.92 Å². The molecule has 0 aromatic heterocycles. The molecule has 0 radical (unpaired) electrons. The highest BCUT2D eigenvalue weighted by Gasteiger charge is 2.33. The van der Waals surface area contributed by atoms with Gasteiger partial charge in [0, 0.05) is 18.2 Å². The number of benzene rings is 1. The van der Waals surface area contributed by atoms with Gasteiger partial charge in [-0.15, -0.1) is 0 Å². The van der Waals surface area contributed by atoms with E-state index in [-0.39, 0.29) is 41.9 Å². The molecule has 3 amide bonds. The number of likely N-dealkylation sites (tertiary alicyclic amines) is 1. The van der Waals surface area contributed by atoms with Gasteiger partial charge in [0.2, 0.25) is 5.91 Å². The fourth-order valence-electron chi connectivity index (χ4n) is 3.28. The molecule has 2 heterocycles. The Labute approximate surface area is 155 Å². The number of piperidine rings is 1. The number of carboxylic acids is 1. The van der Waals surface area contributed by atoms with Crippen molar-refractivity contribution >= 4 is 34.8 Å². The lowest BCUT2D eigenvalue weighted by Gasteiger charge is -2.36. The summed E-state index contributed by atoms with van der Waals surface area (Å²) in [5.74, 6) is -1.73. The molecule has 2 atom stereocenters. The number of imide groups is 1. The van der Waals surface area contributed by atoms with Crippen LogP contribution >= 0.6 is 11.8 Å². The number of hydrogen-bond acceptors (Lipinski definition) is 5. The van der Waals surface area contributed by atoms with Crippen LogP contribution in [0.15, 0.2) is 24.3 Å². The predicted octanol–water partition coefficient (Wildman–Crippen LogP) is 2.21. The van der Waals surface area contributed by atoms with E-state index in [1.807, 2.05) is 6.92 Å². The first-order valence-electron chi connectivity index (χ1n) is 8.46. The lowest BCUT2D eigenvalue weighted by molar-refractivity contribution is -0.143. The van der Waals surface area contributed by atoms with E-state index in [9.17, 15) is 24.3 Å². The van der Waals surface area contributed by atoms with Gasteiger partial charge in [0.25, 0.3) is 11.1 Å². The molecule has 2 unspecified atom stereocenters. The van der Waals surface area contributed by atoms with Crippen LogP contribution in [0.4, 0.5) is 4.79 Å².